The molecule has 78 valence electrons. The zero-order valence-corrected chi connectivity index (χ0v) is 8.51. The average molecular weight is 205 g/mol. The summed E-state index contributed by atoms with van der Waals surface area (Å²) >= 11 is 0. The van der Waals surface area contributed by atoms with Crippen molar-refractivity contribution >= 4 is 11.9 Å². The number of aromatic nitrogens is 3. The maximum absolute atomic E-state index is 5.58. The summed E-state index contributed by atoms with van der Waals surface area (Å²) in [6.07, 6.45) is 3.12. The SMILES string of the molecule is CN(C)c1nc(N)nc(-c2ccoc2)n1. The lowest BCUT2D eigenvalue weighted by Crippen LogP contribution is -2.15. The highest BCUT2D eigenvalue weighted by atomic mass is 16.3. The van der Waals surface area contributed by atoms with Gasteiger partial charge in [0.05, 0.1) is 11.8 Å². The van der Waals surface area contributed by atoms with Crippen LogP contribution in [0, 0.1) is 0 Å². The molecule has 0 aliphatic rings. The summed E-state index contributed by atoms with van der Waals surface area (Å²) in [5.41, 5.74) is 6.37. The van der Waals surface area contributed by atoms with Crippen molar-refractivity contribution in [3.05, 3.63) is 18.6 Å². The molecule has 0 aromatic carbocycles. The molecule has 2 aromatic heterocycles. The Bertz CT molecular complexity index is 452. The number of nitrogen functional groups attached to an aromatic ring is 1. The monoisotopic (exact) mass is 205 g/mol. The topological polar surface area (TPSA) is 81.1 Å². The molecule has 0 saturated carbocycles. The molecular weight excluding hydrogens is 194 g/mol. The van der Waals surface area contributed by atoms with Crippen molar-refractivity contribution in [3.63, 3.8) is 0 Å². The second-order valence-electron chi connectivity index (χ2n) is 3.22. The Morgan fingerprint density at radius 2 is 2.07 bits per heavy atom. The fourth-order valence-corrected chi connectivity index (χ4v) is 1.10. The van der Waals surface area contributed by atoms with Gasteiger partial charge in [0.2, 0.25) is 11.9 Å². The van der Waals surface area contributed by atoms with Gasteiger partial charge in [-0.15, -0.1) is 0 Å². The average Bonchev–Trinajstić information content (AvgIpc) is 2.69. The standard InChI is InChI=1S/C9H11N5O/c1-14(2)9-12-7(11-8(10)13-9)6-3-4-15-5-6/h3-5H,1-2H3,(H2,10,11,12,13). The first kappa shape index (κ1) is 9.45. The van der Waals surface area contributed by atoms with Crippen LogP contribution in [0.1, 0.15) is 0 Å². The molecule has 2 N–H and O–H groups in total. The minimum absolute atomic E-state index is 0.199. The predicted molar refractivity (Wildman–Crippen MR) is 56.3 cm³/mol. The third kappa shape index (κ3) is 1.88. The first-order valence-electron chi connectivity index (χ1n) is 4.38. The van der Waals surface area contributed by atoms with E-state index in [1.165, 1.54) is 0 Å². The second-order valence-corrected chi connectivity index (χ2v) is 3.22. The highest BCUT2D eigenvalue weighted by Crippen LogP contribution is 2.17. The van der Waals surface area contributed by atoms with Crippen molar-refractivity contribution < 1.29 is 4.42 Å². The summed E-state index contributed by atoms with van der Waals surface area (Å²) in [6, 6.07) is 1.77. The Kier molecular flexibility index (Phi) is 2.24. The van der Waals surface area contributed by atoms with Gasteiger partial charge >= 0.3 is 0 Å². The molecule has 0 aliphatic heterocycles. The molecular formula is C9H11N5O. The minimum Gasteiger partial charge on any atom is -0.472 e. The van der Waals surface area contributed by atoms with Crippen LogP contribution in [0.2, 0.25) is 0 Å². The third-order valence-electron chi connectivity index (χ3n) is 1.82. The van der Waals surface area contributed by atoms with Gasteiger partial charge in [-0.3, -0.25) is 0 Å². The fraction of sp³-hybridized carbons (Fsp3) is 0.222. The molecule has 0 radical (unpaired) electrons. The van der Waals surface area contributed by atoms with Crippen LogP contribution < -0.4 is 10.6 Å². The smallest absolute Gasteiger partial charge is 0.230 e. The van der Waals surface area contributed by atoms with E-state index >= 15 is 0 Å². The van der Waals surface area contributed by atoms with Crippen molar-refractivity contribution in [1.29, 1.82) is 0 Å². The van der Waals surface area contributed by atoms with E-state index in [1.807, 2.05) is 14.1 Å². The third-order valence-corrected chi connectivity index (χ3v) is 1.82. The van der Waals surface area contributed by atoms with Gasteiger partial charge in [-0.05, 0) is 6.07 Å². The Balaban J connectivity index is 2.49. The van der Waals surface area contributed by atoms with Crippen LogP contribution in [-0.2, 0) is 0 Å². The molecule has 2 aromatic rings. The summed E-state index contributed by atoms with van der Waals surface area (Å²) in [4.78, 5) is 14.0. The zero-order valence-electron chi connectivity index (χ0n) is 8.51. The summed E-state index contributed by atoms with van der Waals surface area (Å²) in [5.74, 6) is 1.24. The lowest BCUT2D eigenvalue weighted by atomic mass is 10.3. The highest BCUT2D eigenvalue weighted by molar-refractivity contribution is 5.55. The van der Waals surface area contributed by atoms with Crippen LogP contribution in [0.3, 0.4) is 0 Å². The Morgan fingerprint density at radius 3 is 2.67 bits per heavy atom. The van der Waals surface area contributed by atoms with E-state index in [0.717, 1.165) is 5.56 Å². The van der Waals surface area contributed by atoms with Gasteiger partial charge in [-0.1, -0.05) is 0 Å². The van der Waals surface area contributed by atoms with Crippen LogP contribution in [0.25, 0.3) is 11.4 Å². The van der Waals surface area contributed by atoms with Gasteiger partial charge in [0.1, 0.15) is 6.26 Å². The molecule has 15 heavy (non-hydrogen) atoms. The highest BCUT2D eigenvalue weighted by Gasteiger charge is 2.08. The van der Waals surface area contributed by atoms with Crippen LogP contribution >= 0.6 is 0 Å². The first-order chi connectivity index (χ1) is 7.16. The lowest BCUT2D eigenvalue weighted by molar-refractivity contribution is 0.568. The Morgan fingerprint density at radius 1 is 1.27 bits per heavy atom. The van der Waals surface area contributed by atoms with Crippen LogP contribution in [0.4, 0.5) is 11.9 Å². The molecule has 0 fully saturated rings. The second kappa shape index (κ2) is 3.56. The van der Waals surface area contributed by atoms with Gasteiger partial charge in [0.15, 0.2) is 5.82 Å². The molecule has 0 saturated heterocycles. The molecule has 0 atom stereocenters. The molecule has 2 rings (SSSR count). The van der Waals surface area contributed by atoms with Gasteiger partial charge in [-0.25, -0.2) is 0 Å². The quantitative estimate of drug-likeness (QED) is 0.780. The van der Waals surface area contributed by atoms with E-state index in [-0.39, 0.29) is 5.95 Å². The largest absolute Gasteiger partial charge is 0.472 e. The van der Waals surface area contributed by atoms with Crippen molar-refractivity contribution in [2.24, 2.45) is 0 Å². The van der Waals surface area contributed by atoms with E-state index in [2.05, 4.69) is 15.0 Å². The van der Waals surface area contributed by atoms with Crippen molar-refractivity contribution in [1.82, 2.24) is 15.0 Å². The van der Waals surface area contributed by atoms with E-state index < -0.39 is 0 Å². The van der Waals surface area contributed by atoms with Crippen LogP contribution in [0.15, 0.2) is 23.0 Å². The van der Waals surface area contributed by atoms with E-state index in [0.29, 0.717) is 11.8 Å². The molecule has 0 spiro atoms. The molecule has 6 heteroatoms. The molecule has 0 bridgehead atoms. The number of hydrogen-bond acceptors (Lipinski definition) is 6. The Labute approximate surface area is 86.8 Å². The molecule has 0 aliphatic carbocycles. The van der Waals surface area contributed by atoms with Gasteiger partial charge in [0, 0.05) is 14.1 Å². The molecule has 2 heterocycles. The maximum Gasteiger partial charge on any atom is 0.230 e. The van der Waals surface area contributed by atoms with E-state index in [1.54, 1.807) is 23.5 Å². The van der Waals surface area contributed by atoms with Crippen LogP contribution in [-0.4, -0.2) is 29.0 Å². The fourth-order valence-electron chi connectivity index (χ4n) is 1.10. The number of nitrogens with two attached hydrogens (primary N) is 1. The van der Waals surface area contributed by atoms with Crippen LogP contribution in [0.5, 0.6) is 0 Å². The van der Waals surface area contributed by atoms with Crippen molar-refractivity contribution in [2.45, 2.75) is 0 Å². The summed E-state index contributed by atoms with van der Waals surface area (Å²) < 4.78 is 4.95. The predicted octanol–water partition coefficient (Wildman–Crippen LogP) is 0.780. The van der Waals surface area contributed by atoms with Gasteiger partial charge < -0.3 is 15.1 Å². The van der Waals surface area contributed by atoms with Crippen molar-refractivity contribution in [3.8, 4) is 11.4 Å². The summed E-state index contributed by atoms with van der Waals surface area (Å²) in [7, 11) is 3.68. The normalized spacial score (nSPS) is 10.3. The zero-order chi connectivity index (χ0) is 10.8. The number of rotatable bonds is 2. The number of hydrogen-bond donors (Lipinski definition) is 1. The minimum atomic E-state index is 0.199. The first-order valence-corrected chi connectivity index (χ1v) is 4.38. The van der Waals surface area contributed by atoms with Gasteiger partial charge in [0.25, 0.3) is 0 Å². The van der Waals surface area contributed by atoms with E-state index in [4.69, 9.17) is 10.2 Å². The van der Waals surface area contributed by atoms with Crippen molar-refractivity contribution in [2.75, 3.05) is 24.7 Å². The Hall–Kier alpha value is -2.11. The number of nitrogens with zero attached hydrogens (tertiary/aromatic N) is 4. The number of furan rings is 1. The lowest BCUT2D eigenvalue weighted by Gasteiger charge is -2.10. The summed E-state index contributed by atoms with van der Waals surface area (Å²) in [6.45, 7) is 0. The van der Waals surface area contributed by atoms with Gasteiger partial charge in [-0.2, -0.15) is 15.0 Å². The maximum atomic E-state index is 5.58. The molecule has 6 nitrogen and oxygen atoms in total. The molecule has 0 amide bonds. The van der Waals surface area contributed by atoms with E-state index in [9.17, 15) is 0 Å². The summed E-state index contributed by atoms with van der Waals surface area (Å²) in [5, 5.41) is 0. The number of anilines is 2. The molecule has 0 unspecified atom stereocenters.